The summed E-state index contributed by atoms with van der Waals surface area (Å²) in [5.41, 5.74) is 6.60. The number of aromatic nitrogens is 1. The largest absolute Gasteiger partial charge is 0.396 e. The molecule has 1 unspecified atom stereocenters. The van der Waals surface area contributed by atoms with Crippen LogP contribution >= 0.6 is 0 Å². The normalized spacial score (nSPS) is 11.8. The molecule has 5 nitrogen and oxygen atoms in total. The second-order valence-electron chi connectivity index (χ2n) is 3.55. The minimum Gasteiger partial charge on any atom is -0.396 e. The van der Waals surface area contributed by atoms with Crippen molar-refractivity contribution in [1.29, 1.82) is 5.26 Å². The molecule has 5 heteroatoms. The average molecular weight is 220 g/mol. The third-order valence-electron chi connectivity index (χ3n) is 2.29. The van der Waals surface area contributed by atoms with Crippen molar-refractivity contribution in [2.24, 2.45) is 0 Å². The summed E-state index contributed by atoms with van der Waals surface area (Å²) < 4.78 is 0. The molecule has 1 heterocycles. The molecule has 0 aliphatic heterocycles. The number of aliphatic hydroxyl groups is 1. The minimum atomic E-state index is -0.299. The van der Waals surface area contributed by atoms with Gasteiger partial charge in [-0.1, -0.05) is 6.92 Å². The van der Waals surface area contributed by atoms with Crippen LogP contribution in [0.2, 0.25) is 0 Å². The van der Waals surface area contributed by atoms with Gasteiger partial charge in [0, 0.05) is 12.7 Å². The first-order valence-corrected chi connectivity index (χ1v) is 5.25. The molecular weight excluding hydrogens is 204 g/mol. The lowest BCUT2D eigenvalue weighted by atomic mass is 10.2. The number of rotatable bonds is 5. The van der Waals surface area contributed by atoms with Crippen LogP contribution in [0.25, 0.3) is 0 Å². The van der Waals surface area contributed by atoms with Crippen LogP contribution in [0.3, 0.4) is 0 Å². The van der Waals surface area contributed by atoms with Crippen molar-refractivity contribution in [3.8, 4) is 6.07 Å². The van der Waals surface area contributed by atoms with Crippen LogP contribution in [0.4, 0.5) is 11.5 Å². The topological polar surface area (TPSA) is 95.0 Å². The zero-order valence-corrected chi connectivity index (χ0v) is 9.27. The highest BCUT2D eigenvalue weighted by Gasteiger charge is 2.03. The quantitative estimate of drug-likeness (QED) is 0.690. The molecule has 0 saturated carbocycles. The summed E-state index contributed by atoms with van der Waals surface area (Å²) in [6.07, 6.45) is 2.55. The lowest BCUT2D eigenvalue weighted by molar-refractivity contribution is 0.164. The minimum absolute atomic E-state index is 0.299. The Hall–Kier alpha value is -1.80. The lowest BCUT2D eigenvalue weighted by Crippen LogP contribution is -2.13. The third kappa shape index (κ3) is 3.41. The van der Waals surface area contributed by atoms with Crippen molar-refractivity contribution in [2.75, 3.05) is 17.6 Å². The van der Waals surface area contributed by atoms with Crippen molar-refractivity contribution in [1.82, 2.24) is 4.98 Å². The van der Waals surface area contributed by atoms with E-state index in [2.05, 4.69) is 10.3 Å². The zero-order chi connectivity index (χ0) is 12.0. The number of hydrogen-bond acceptors (Lipinski definition) is 5. The number of nitrogens with zero attached hydrogens (tertiary/aromatic N) is 2. The van der Waals surface area contributed by atoms with Crippen LogP contribution in [0.15, 0.2) is 12.3 Å². The first kappa shape index (κ1) is 12.3. The Kier molecular flexibility index (Phi) is 4.55. The third-order valence-corrected chi connectivity index (χ3v) is 2.29. The molecule has 1 aromatic heterocycles. The summed E-state index contributed by atoms with van der Waals surface area (Å²) >= 11 is 0. The van der Waals surface area contributed by atoms with E-state index in [1.807, 2.05) is 13.0 Å². The smallest absolute Gasteiger partial charge is 0.149 e. The van der Waals surface area contributed by atoms with E-state index in [9.17, 15) is 5.11 Å². The van der Waals surface area contributed by atoms with E-state index in [0.29, 0.717) is 30.0 Å². The van der Waals surface area contributed by atoms with E-state index in [-0.39, 0.29) is 6.10 Å². The Labute approximate surface area is 94.9 Å². The van der Waals surface area contributed by atoms with Gasteiger partial charge in [0.25, 0.3) is 0 Å². The predicted octanol–water partition coefficient (Wildman–Crippen LogP) is 1.11. The maximum absolute atomic E-state index is 9.35. The molecule has 0 fully saturated rings. The number of nitrogens with two attached hydrogens (primary N) is 1. The van der Waals surface area contributed by atoms with Gasteiger partial charge in [0.2, 0.25) is 0 Å². The maximum Gasteiger partial charge on any atom is 0.149 e. The number of aliphatic hydroxyl groups excluding tert-OH is 1. The molecule has 86 valence electrons. The average Bonchev–Trinajstić information content (AvgIpc) is 2.30. The van der Waals surface area contributed by atoms with E-state index in [4.69, 9.17) is 11.0 Å². The number of pyridine rings is 1. The summed E-state index contributed by atoms with van der Waals surface area (Å²) in [5.74, 6) is 0.558. The second kappa shape index (κ2) is 5.93. The number of anilines is 2. The van der Waals surface area contributed by atoms with Gasteiger partial charge in [-0.15, -0.1) is 0 Å². The van der Waals surface area contributed by atoms with Crippen LogP contribution in [-0.2, 0) is 0 Å². The Morgan fingerprint density at radius 2 is 2.44 bits per heavy atom. The van der Waals surface area contributed by atoms with E-state index in [1.165, 1.54) is 6.20 Å². The van der Waals surface area contributed by atoms with Crippen LogP contribution < -0.4 is 11.1 Å². The van der Waals surface area contributed by atoms with E-state index in [1.54, 1.807) is 6.07 Å². The molecule has 16 heavy (non-hydrogen) atoms. The highest BCUT2D eigenvalue weighted by Crippen LogP contribution is 2.15. The van der Waals surface area contributed by atoms with Crippen molar-refractivity contribution in [2.45, 2.75) is 25.9 Å². The first-order valence-electron chi connectivity index (χ1n) is 5.25. The molecule has 4 N–H and O–H groups in total. The molecular formula is C11H16N4O. The van der Waals surface area contributed by atoms with E-state index in [0.717, 1.165) is 6.42 Å². The van der Waals surface area contributed by atoms with Gasteiger partial charge in [0.15, 0.2) is 0 Å². The Balaban J connectivity index is 2.52. The second-order valence-corrected chi connectivity index (χ2v) is 3.55. The maximum atomic E-state index is 9.35. The molecule has 0 amide bonds. The molecule has 0 radical (unpaired) electrons. The Morgan fingerprint density at radius 1 is 1.69 bits per heavy atom. The van der Waals surface area contributed by atoms with Gasteiger partial charge >= 0.3 is 0 Å². The number of hydrogen-bond donors (Lipinski definition) is 3. The van der Waals surface area contributed by atoms with Crippen molar-refractivity contribution < 1.29 is 5.11 Å². The van der Waals surface area contributed by atoms with Gasteiger partial charge in [-0.2, -0.15) is 5.26 Å². The number of nitrogens with one attached hydrogen (secondary N) is 1. The van der Waals surface area contributed by atoms with Gasteiger partial charge in [-0.3, -0.25) is 0 Å². The molecule has 1 rings (SSSR count). The zero-order valence-electron chi connectivity index (χ0n) is 9.27. The molecule has 0 bridgehead atoms. The molecule has 0 spiro atoms. The van der Waals surface area contributed by atoms with Crippen LogP contribution in [0, 0.1) is 11.3 Å². The van der Waals surface area contributed by atoms with Crippen molar-refractivity contribution >= 4 is 11.5 Å². The summed E-state index contributed by atoms with van der Waals surface area (Å²) in [4.78, 5) is 4.03. The molecule has 0 aliphatic carbocycles. The summed E-state index contributed by atoms with van der Waals surface area (Å²) in [6.45, 7) is 2.54. The van der Waals surface area contributed by atoms with Gasteiger partial charge in [-0.05, 0) is 18.9 Å². The van der Waals surface area contributed by atoms with Crippen LogP contribution in [0.1, 0.15) is 25.3 Å². The highest BCUT2D eigenvalue weighted by atomic mass is 16.3. The van der Waals surface area contributed by atoms with E-state index < -0.39 is 0 Å². The predicted molar refractivity (Wildman–Crippen MR) is 62.8 cm³/mol. The SMILES string of the molecule is CCC(O)CCNc1ncc(C#N)cc1N. The van der Waals surface area contributed by atoms with Crippen LogP contribution in [0.5, 0.6) is 0 Å². The summed E-state index contributed by atoms with van der Waals surface area (Å²) in [6, 6.07) is 3.54. The van der Waals surface area contributed by atoms with Crippen molar-refractivity contribution in [3.05, 3.63) is 17.8 Å². The summed E-state index contributed by atoms with van der Waals surface area (Å²) in [7, 11) is 0. The molecule has 1 aromatic rings. The fourth-order valence-corrected chi connectivity index (χ4v) is 1.25. The van der Waals surface area contributed by atoms with Gasteiger partial charge < -0.3 is 16.2 Å². The van der Waals surface area contributed by atoms with E-state index >= 15 is 0 Å². The van der Waals surface area contributed by atoms with Crippen LogP contribution in [-0.4, -0.2) is 22.7 Å². The standard InChI is InChI=1S/C11H16N4O/c1-2-9(16)3-4-14-11-10(13)5-8(6-12)7-15-11/h5,7,9,16H,2-4,13H2,1H3,(H,14,15). The Bertz CT molecular complexity index is 386. The fraction of sp³-hybridized carbons (Fsp3) is 0.455. The number of nitriles is 1. The molecule has 0 aromatic carbocycles. The van der Waals surface area contributed by atoms with Gasteiger partial charge in [-0.25, -0.2) is 4.98 Å². The van der Waals surface area contributed by atoms with Gasteiger partial charge in [0.1, 0.15) is 11.9 Å². The Morgan fingerprint density at radius 3 is 3.00 bits per heavy atom. The fourth-order valence-electron chi connectivity index (χ4n) is 1.25. The lowest BCUT2D eigenvalue weighted by Gasteiger charge is -2.10. The first-order chi connectivity index (χ1) is 7.67. The number of nitrogen functional groups attached to an aromatic ring is 1. The molecule has 1 atom stereocenters. The highest BCUT2D eigenvalue weighted by molar-refractivity contribution is 5.62. The van der Waals surface area contributed by atoms with Gasteiger partial charge in [0.05, 0.1) is 17.4 Å². The summed E-state index contributed by atoms with van der Waals surface area (Å²) in [5, 5.41) is 21.0. The monoisotopic (exact) mass is 220 g/mol. The molecule has 0 aliphatic rings. The van der Waals surface area contributed by atoms with Crippen molar-refractivity contribution in [3.63, 3.8) is 0 Å². The molecule has 0 saturated heterocycles.